The number of aromatic nitrogens is 2. The predicted molar refractivity (Wildman–Crippen MR) is 115 cm³/mol. The molecule has 1 fully saturated rings. The number of halogens is 2. The Morgan fingerprint density at radius 1 is 1.24 bits per heavy atom. The van der Waals surface area contributed by atoms with Gasteiger partial charge in [0.15, 0.2) is 0 Å². The smallest absolute Gasteiger partial charge is 0.318 e. The van der Waals surface area contributed by atoms with E-state index in [1.165, 1.54) is 0 Å². The van der Waals surface area contributed by atoms with Gasteiger partial charge >= 0.3 is 6.03 Å². The van der Waals surface area contributed by atoms with Crippen LogP contribution in [0.15, 0.2) is 18.2 Å². The summed E-state index contributed by atoms with van der Waals surface area (Å²) in [6, 6.07) is 5.16. The van der Waals surface area contributed by atoms with Crippen LogP contribution in [0.2, 0.25) is 10.0 Å². The first-order chi connectivity index (χ1) is 13.9. The average Bonchev–Trinajstić information content (AvgIpc) is 3.05. The number of carbonyl (C=O) groups is 2. The van der Waals surface area contributed by atoms with Crippen molar-refractivity contribution in [3.05, 3.63) is 39.5 Å². The van der Waals surface area contributed by atoms with Crippen molar-refractivity contribution in [1.29, 1.82) is 0 Å². The minimum absolute atomic E-state index is 0.117. The van der Waals surface area contributed by atoms with Gasteiger partial charge in [-0.3, -0.25) is 9.48 Å². The summed E-state index contributed by atoms with van der Waals surface area (Å²) >= 11 is 14.0. The second-order valence-electron chi connectivity index (χ2n) is 7.28. The number of fused-ring (bicyclic) bond motifs is 1. The van der Waals surface area contributed by atoms with Gasteiger partial charge in [0.2, 0.25) is 0 Å². The first-order valence-electron chi connectivity index (χ1n) is 9.30. The third-order valence-electron chi connectivity index (χ3n) is 5.46. The summed E-state index contributed by atoms with van der Waals surface area (Å²) in [5.74, 6) is -0.587. The quantitative estimate of drug-likeness (QED) is 0.741. The van der Waals surface area contributed by atoms with Crippen LogP contribution in [0, 0.1) is 0 Å². The molecule has 3 N–H and O–H groups in total. The summed E-state index contributed by atoms with van der Waals surface area (Å²) in [7, 11) is 0. The molecule has 7 nitrogen and oxygen atoms in total. The first kappa shape index (κ1) is 20.4. The molecule has 10 heteroatoms. The van der Waals surface area contributed by atoms with Crippen molar-refractivity contribution >= 4 is 46.9 Å². The molecule has 1 aliphatic carbocycles. The van der Waals surface area contributed by atoms with Crippen molar-refractivity contribution in [2.45, 2.75) is 37.2 Å². The van der Waals surface area contributed by atoms with Crippen LogP contribution in [-0.4, -0.2) is 50.7 Å². The van der Waals surface area contributed by atoms with Crippen LogP contribution in [0.5, 0.6) is 0 Å². The monoisotopic (exact) mass is 453 g/mol. The number of amides is 3. The maximum atomic E-state index is 12.7. The normalized spacial score (nSPS) is 20.7. The Bertz CT molecular complexity index is 974. The van der Waals surface area contributed by atoms with E-state index in [2.05, 4.69) is 16.7 Å². The van der Waals surface area contributed by atoms with Crippen LogP contribution >= 0.6 is 35.0 Å². The van der Waals surface area contributed by atoms with Gasteiger partial charge in [-0.05, 0) is 31.2 Å². The van der Waals surface area contributed by atoms with E-state index in [0.717, 1.165) is 12.8 Å². The van der Waals surface area contributed by atoms with E-state index < -0.39 is 5.91 Å². The summed E-state index contributed by atoms with van der Waals surface area (Å²) in [6.07, 6.45) is 4.07. The number of primary amides is 1. The number of nitrogens with zero attached hydrogens (tertiary/aromatic N) is 3. The lowest BCUT2D eigenvalue weighted by Gasteiger charge is -2.37. The summed E-state index contributed by atoms with van der Waals surface area (Å²) in [4.78, 5) is 26.6. The molecule has 1 aromatic heterocycles. The number of benzene rings is 1. The second kappa shape index (κ2) is 8.08. The average molecular weight is 454 g/mol. The Morgan fingerprint density at radius 2 is 2.00 bits per heavy atom. The van der Waals surface area contributed by atoms with Gasteiger partial charge in [0.25, 0.3) is 5.91 Å². The minimum Gasteiger partial charge on any atom is -0.365 e. The van der Waals surface area contributed by atoms with Crippen LogP contribution in [-0.2, 0) is 13.1 Å². The number of nitrogens with one attached hydrogen (secondary N) is 1. The molecule has 2 heterocycles. The topological polar surface area (TPSA) is 93.2 Å². The maximum Gasteiger partial charge on any atom is 0.318 e. The van der Waals surface area contributed by atoms with Crippen LogP contribution in [0.3, 0.4) is 0 Å². The van der Waals surface area contributed by atoms with Crippen molar-refractivity contribution in [1.82, 2.24) is 20.0 Å². The van der Waals surface area contributed by atoms with Crippen molar-refractivity contribution in [2.75, 3.05) is 12.8 Å². The summed E-state index contributed by atoms with van der Waals surface area (Å²) in [5.41, 5.74) is 7.74. The Morgan fingerprint density at radius 3 is 2.66 bits per heavy atom. The van der Waals surface area contributed by atoms with E-state index in [4.69, 9.17) is 28.9 Å². The lowest BCUT2D eigenvalue weighted by molar-refractivity contribution is 0.0997. The molecule has 1 saturated carbocycles. The highest BCUT2D eigenvalue weighted by Crippen LogP contribution is 2.33. The van der Waals surface area contributed by atoms with E-state index >= 15 is 0 Å². The van der Waals surface area contributed by atoms with Gasteiger partial charge in [-0.2, -0.15) is 16.9 Å². The van der Waals surface area contributed by atoms with Crippen molar-refractivity contribution in [2.24, 2.45) is 5.73 Å². The van der Waals surface area contributed by atoms with Crippen LogP contribution < -0.4 is 11.1 Å². The van der Waals surface area contributed by atoms with Gasteiger partial charge in [0.05, 0.1) is 34.4 Å². The fourth-order valence-corrected chi connectivity index (χ4v) is 4.88. The Labute approximate surface area is 182 Å². The van der Waals surface area contributed by atoms with Crippen LogP contribution in [0.25, 0.3) is 11.3 Å². The highest BCUT2D eigenvalue weighted by atomic mass is 35.5. The number of thioether (sulfide) groups is 1. The third kappa shape index (κ3) is 3.93. The zero-order valence-electron chi connectivity index (χ0n) is 15.8. The molecule has 2 aromatic rings. The Balaban J connectivity index is 1.57. The molecule has 0 bridgehead atoms. The van der Waals surface area contributed by atoms with Gasteiger partial charge in [-0.15, -0.1) is 0 Å². The van der Waals surface area contributed by atoms with Gasteiger partial charge < -0.3 is 16.0 Å². The number of carbonyl (C=O) groups excluding carboxylic acids is 2. The van der Waals surface area contributed by atoms with Crippen molar-refractivity contribution in [3.63, 3.8) is 0 Å². The van der Waals surface area contributed by atoms with E-state index in [1.54, 1.807) is 27.8 Å². The number of rotatable bonds is 4. The molecular formula is C19H21Cl2N5O2S. The molecule has 0 radical (unpaired) electrons. The van der Waals surface area contributed by atoms with Gasteiger partial charge in [0, 0.05) is 23.4 Å². The summed E-state index contributed by atoms with van der Waals surface area (Å²) < 4.78 is 1.74. The number of nitrogens with two attached hydrogens (primary N) is 1. The van der Waals surface area contributed by atoms with Crippen molar-refractivity contribution < 1.29 is 9.59 Å². The lowest BCUT2D eigenvalue weighted by atomic mass is 9.92. The molecular weight excluding hydrogens is 433 g/mol. The highest BCUT2D eigenvalue weighted by Gasteiger charge is 2.33. The summed E-state index contributed by atoms with van der Waals surface area (Å²) in [5, 5.41) is 9.06. The van der Waals surface area contributed by atoms with E-state index in [9.17, 15) is 9.59 Å². The number of hydrogen-bond donors (Lipinski definition) is 2. The van der Waals surface area contributed by atoms with Crippen LogP contribution in [0.4, 0.5) is 4.79 Å². The zero-order valence-corrected chi connectivity index (χ0v) is 18.2. The lowest BCUT2D eigenvalue weighted by Crippen LogP contribution is -2.52. The van der Waals surface area contributed by atoms with Crippen LogP contribution in [0.1, 0.15) is 28.9 Å². The van der Waals surface area contributed by atoms with E-state index in [-0.39, 0.29) is 18.6 Å². The first-order valence-corrected chi connectivity index (χ1v) is 11.3. The highest BCUT2D eigenvalue weighted by molar-refractivity contribution is 7.99. The SMILES string of the molecule is CS[C@H]1C[C@H](NC(=O)N2CCn3nc(-c4ccc(Cl)c(Cl)c4)c(C(N)=O)c3C2)C1. The second-order valence-corrected chi connectivity index (χ2v) is 9.24. The fourth-order valence-electron chi connectivity index (χ4n) is 3.74. The number of hydrogen-bond acceptors (Lipinski definition) is 4. The molecule has 0 spiro atoms. The largest absolute Gasteiger partial charge is 0.365 e. The third-order valence-corrected chi connectivity index (χ3v) is 7.25. The van der Waals surface area contributed by atoms with Gasteiger partial charge in [-0.25, -0.2) is 4.79 Å². The molecule has 154 valence electrons. The molecule has 4 rings (SSSR count). The molecule has 0 atom stereocenters. The molecule has 0 saturated heterocycles. The predicted octanol–water partition coefficient (Wildman–Crippen LogP) is 3.38. The molecule has 0 unspecified atom stereocenters. The van der Waals surface area contributed by atoms with Crippen molar-refractivity contribution in [3.8, 4) is 11.3 Å². The standard InChI is InChI=1S/C19H21Cl2N5O2S/c1-29-12-7-11(8-12)23-19(28)25-4-5-26-15(9-25)16(18(22)27)17(24-26)10-2-3-13(20)14(21)6-10/h2-3,6,11-12H,4-5,7-9H2,1H3,(H2,22,27)(H,23,28)/t11-,12-. The number of urea groups is 1. The van der Waals surface area contributed by atoms with E-state index in [0.29, 0.717) is 50.9 Å². The van der Waals surface area contributed by atoms with E-state index in [1.807, 2.05) is 11.8 Å². The molecule has 1 aliphatic heterocycles. The zero-order chi connectivity index (χ0) is 20.7. The van der Waals surface area contributed by atoms with Gasteiger partial charge in [-0.1, -0.05) is 29.3 Å². The molecule has 29 heavy (non-hydrogen) atoms. The minimum atomic E-state index is -0.587. The molecule has 2 aliphatic rings. The maximum absolute atomic E-state index is 12.7. The summed E-state index contributed by atoms with van der Waals surface area (Å²) in [6.45, 7) is 1.28. The molecule has 1 aromatic carbocycles. The Hall–Kier alpha value is -1.90. The fraction of sp³-hybridized carbons (Fsp3) is 0.421. The molecule has 3 amide bonds. The van der Waals surface area contributed by atoms with Gasteiger partial charge in [0.1, 0.15) is 5.69 Å². The Kier molecular flexibility index (Phi) is 5.68.